The number of nitrogens with zero attached hydrogens (tertiary/aromatic N) is 2. The Bertz CT molecular complexity index is 995. The monoisotopic (exact) mass is 376 g/mol. The van der Waals surface area contributed by atoms with E-state index in [1.54, 1.807) is 11.3 Å². The Morgan fingerprint density at radius 3 is 2.63 bits per heavy atom. The van der Waals surface area contributed by atoms with Gasteiger partial charge >= 0.3 is 0 Å². The molecule has 0 aliphatic heterocycles. The van der Waals surface area contributed by atoms with Crippen molar-refractivity contribution < 1.29 is 9.59 Å². The Balaban J connectivity index is 1.69. The fourth-order valence-electron chi connectivity index (χ4n) is 3.52. The van der Waals surface area contributed by atoms with Gasteiger partial charge in [-0.1, -0.05) is 42.5 Å². The largest absolute Gasteiger partial charge is 0.329 e. The molecule has 0 spiro atoms. The predicted molar refractivity (Wildman–Crippen MR) is 106 cm³/mol. The van der Waals surface area contributed by atoms with Crippen molar-refractivity contribution in [2.24, 2.45) is 0 Å². The number of aromatic nitrogens is 1. The number of hydrogen-bond donors (Lipinski definition) is 0. The number of hydrogen-bond acceptors (Lipinski definition) is 4. The van der Waals surface area contributed by atoms with Crippen molar-refractivity contribution in [3.8, 4) is 0 Å². The summed E-state index contributed by atoms with van der Waals surface area (Å²) >= 11 is 1.57. The quantitative estimate of drug-likeness (QED) is 0.662. The molecule has 1 amide bonds. The zero-order chi connectivity index (χ0) is 18.8. The van der Waals surface area contributed by atoms with Gasteiger partial charge in [0.15, 0.2) is 5.78 Å². The molecule has 0 saturated heterocycles. The van der Waals surface area contributed by atoms with Gasteiger partial charge in [-0.15, -0.1) is 11.3 Å². The van der Waals surface area contributed by atoms with Gasteiger partial charge in [0.25, 0.3) is 5.91 Å². The van der Waals surface area contributed by atoms with E-state index in [1.807, 2.05) is 65.9 Å². The van der Waals surface area contributed by atoms with Crippen LogP contribution < -0.4 is 0 Å². The van der Waals surface area contributed by atoms with E-state index in [4.69, 9.17) is 0 Å². The molecule has 0 unspecified atom stereocenters. The molecule has 0 fully saturated rings. The Kier molecular flexibility index (Phi) is 4.86. The highest BCUT2D eigenvalue weighted by Crippen LogP contribution is 2.27. The minimum atomic E-state index is -0.0294. The van der Waals surface area contributed by atoms with E-state index < -0.39 is 0 Å². The van der Waals surface area contributed by atoms with Crippen molar-refractivity contribution >= 4 is 23.0 Å². The number of carbonyl (C=O) groups is 2. The van der Waals surface area contributed by atoms with Crippen molar-refractivity contribution in [1.29, 1.82) is 0 Å². The van der Waals surface area contributed by atoms with E-state index in [0.717, 1.165) is 21.7 Å². The van der Waals surface area contributed by atoms with Crippen LogP contribution in [0.3, 0.4) is 0 Å². The van der Waals surface area contributed by atoms with Crippen molar-refractivity contribution in [1.82, 2.24) is 9.88 Å². The first kappa shape index (κ1) is 17.6. The molecule has 2 aromatic carbocycles. The molecule has 3 aromatic rings. The van der Waals surface area contributed by atoms with Crippen LogP contribution in [-0.4, -0.2) is 21.6 Å². The summed E-state index contributed by atoms with van der Waals surface area (Å²) < 4.78 is 0. The number of fused-ring (bicyclic) bond motifs is 1. The van der Waals surface area contributed by atoms with Crippen molar-refractivity contribution in [3.05, 3.63) is 86.9 Å². The zero-order valence-electron chi connectivity index (χ0n) is 15.1. The van der Waals surface area contributed by atoms with Crippen LogP contribution in [-0.2, 0) is 19.5 Å². The van der Waals surface area contributed by atoms with Gasteiger partial charge < -0.3 is 4.90 Å². The molecule has 1 heterocycles. The van der Waals surface area contributed by atoms with Crippen LogP contribution in [0.4, 0.5) is 0 Å². The van der Waals surface area contributed by atoms with Gasteiger partial charge in [-0.3, -0.25) is 9.59 Å². The minimum absolute atomic E-state index is 0.0294. The van der Waals surface area contributed by atoms with E-state index in [-0.39, 0.29) is 11.7 Å². The van der Waals surface area contributed by atoms with Gasteiger partial charge in [0.2, 0.25) is 0 Å². The Morgan fingerprint density at radius 1 is 1.07 bits per heavy atom. The van der Waals surface area contributed by atoms with E-state index in [2.05, 4.69) is 4.98 Å². The molecule has 5 heteroatoms. The van der Waals surface area contributed by atoms with E-state index in [0.29, 0.717) is 37.1 Å². The molecule has 0 saturated carbocycles. The fourth-order valence-corrected chi connectivity index (χ4v) is 4.31. The highest BCUT2D eigenvalue weighted by atomic mass is 32.1. The zero-order valence-corrected chi connectivity index (χ0v) is 16.0. The molecule has 4 nitrogen and oxygen atoms in total. The number of ketones is 1. The van der Waals surface area contributed by atoms with Gasteiger partial charge in [0.05, 0.1) is 17.7 Å². The van der Waals surface area contributed by atoms with E-state index in [9.17, 15) is 9.59 Å². The molecule has 4 rings (SSSR count). The molecule has 136 valence electrons. The predicted octanol–water partition coefficient (Wildman–Crippen LogP) is 4.42. The Labute approximate surface area is 162 Å². The SMILES string of the molecule is Cc1ncsc1CN(Cc1ccccc1)C(=O)c1cccc2c1CCC2=O. The van der Waals surface area contributed by atoms with Crippen LogP contribution in [0.5, 0.6) is 0 Å². The second-order valence-electron chi connectivity index (χ2n) is 6.76. The summed E-state index contributed by atoms with van der Waals surface area (Å²) in [6.45, 7) is 3.01. The highest BCUT2D eigenvalue weighted by Gasteiger charge is 2.27. The lowest BCUT2D eigenvalue weighted by Gasteiger charge is -2.24. The van der Waals surface area contributed by atoms with Crippen LogP contribution in [0, 0.1) is 6.92 Å². The van der Waals surface area contributed by atoms with Crippen LogP contribution in [0.25, 0.3) is 0 Å². The summed E-state index contributed by atoms with van der Waals surface area (Å²) in [5.41, 5.74) is 6.10. The van der Waals surface area contributed by atoms with Gasteiger partial charge in [-0.2, -0.15) is 0 Å². The lowest BCUT2D eigenvalue weighted by molar-refractivity contribution is 0.0730. The van der Waals surface area contributed by atoms with Crippen molar-refractivity contribution in [3.63, 3.8) is 0 Å². The van der Waals surface area contributed by atoms with Crippen LogP contribution in [0.15, 0.2) is 54.0 Å². The summed E-state index contributed by atoms with van der Waals surface area (Å²) in [5.74, 6) is 0.103. The molecule has 0 N–H and O–H groups in total. The van der Waals surface area contributed by atoms with E-state index >= 15 is 0 Å². The first-order valence-corrected chi connectivity index (χ1v) is 9.88. The Hall–Kier alpha value is -2.79. The third kappa shape index (κ3) is 3.55. The molecule has 1 aliphatic carbocycles. The number of thiazole rings is 1. The number of Topliss-reactive ketones (excluding diaryl/α,β-unsaturated/α-hetero) is 1. The van der Waals surface area contributed by atoms with Gasteiger partial charge in [-0.05, 0) is 30.5 Å². The number of aryl methyl sites for hydroxylation is 1. The van der Waals surface area contributed by atoms with Gasteiger partial charge in [0.1, 0.15) is 0 Å². The average Bonchev–Trinajstić information content (AvgIpc) is 3.27. The van der Waals surface area contributed by atoms with Crippen molar-refractivity contribution in [2.75, 3.05) is 0 Å². The average molecular weight is 376 g/mol. The maximum atomic E-state index is 13.5. The smallest absolute Gasteiger partial charge is 0.254 e. The van der Waals surface area contributed by atoms with Gasteiger partial charge in [-0.25, -0.2) is 4.98 Å². The molecule has 27 heavy (non-hydrogen) atoms. The van der Waals surface area contributed by atoms with Crippen LogP contribution in [0.2, 0.25) is 0 Å². The molecule has 0 bridgehead atoms. The lowest BCUT2D eigenvalue weighted by atomic mass is 10.0. The number of rotatable bonds is 5. The third-order valence-electron chi connectivity index (χ3n) is 4.99. The fraction of sp³-hybridized carbons (Fsp3) is 0.227. The highest BCUT2D eigenvalue weighted by molar-refractivity contribution is 7.09. The molecule has 1 aromatic heterocycles. The third-order valence-corrected chi connectivity index (χ3v) is 5.91. The van der Waals surface area contributed by atoms with Gasteiger partial charge in [0, 0.05) is 29.0 Å². The van der Waals surface area contributed by atoms with Crippen molar-refractivity contribution in [2.45, 2.75) is 32.9 Å². The lowest BCUT2D eigenvalue weighted by Crippen LogP contribution is -2.31. The van der Waals surface area contributed by atoms with Crippen LogP contribution in [0.1, 0.15) is 48.8 Å². The second kappa shape index (κ2) is 7.45. The van der Waals surface area contributed by atoms with E-state index in [1.165, 1.54) is 0 Å². The maximum absolute atomic E-state index is 13.5. The summed E-state index contributed by atoms with van der Waals surface area (Å²) in [6, 6.07) is 15.5. The molecular formula is C22H20N2O2S. The number of benzene rings is 2. The maximum Gasteiger partial charge on any atom is 0.254 e. The summed E-state index contributed by atoms with van der Waals surface area (Å²) in [4.78, 5) is 32.8. The standard InChI is InChI=1S/C22H20N2O2S/c1-15-21(27-14-23-15)13-24(12-16-6-3-2-4-7-16)22(26)19-9-5-8-18-17(19)10-11-20(18)25/h2-9,14H,10-13H2,1H3. The number of amides is 1. The van der Waals surface area contributed by atoms with Crippen LogP contribution >= 0.6 is 11.3 Å². The Morgan fingerprint density at radius 2 is 1.89 bits per heavy atom. The molecule has 0 radical (unpaired) electrons. The topological polar surface area (TPSA) is 50.3 Å². The molecule has 0 atom stereocenters. The first-order valence-electron chi connectivity index (χ1n) is 9.00. The second-order valence-corrected chi connectivity index (χ2v) is 7.70. The molecule has 1 aliphatic rings. The summed E-state index contributed by atoms with van der Waals surface area (Å²) in [5, 5.41) is 0. The molecular weight excluding hydrogens is 356 g/mol. The summed E-state index contributed by atoms with van der Waals surface area (Å²) in [6.07, 6.45) is 1.14. The normalized spacial score (nSPS) is 12.9. The number of carbonyl (C=O) groups excluding carboxylic acids is 2. The minimum Gasteiger partial charge on any atom is -0.329 e. The first-order chi connectivity index (χ1) is 13.1. The summed E-state index contributed by atoms with van der Waals surface area (Å²) in [7, 11) is 0.